The van der Waals surface area contributed by atoms with E-state index < -0.39 is 0 Å². The topological polar surface area (TPSA) is 61.4 Å². The molecule has 0 aromatic heterocycles. The normalized spacial score (nSPS) is 11.3. The molecule has 296 valence electrons. The summed E-state index contributed by atoms with van der Waals surface area (Å²) in [5.41, 5.74) is 0. The largest absolute Gasteiger partial charge is 0.356 e. The van der Waals surface area contributed by atoms with Gasteiger partial charge in [0, 0.05) is 45.6 Å². The quantitative estimate of drug-likeness (QED) is 0.0491. The van der Waals surface area contributed by atoms with E-state index in [4.69, 9.17) is 0 Å². The molecule has 0 bridgehead atoms. The Morgan fingerprint density at radius 2 is 0.660 bits per heavy atom. The molecule has 5 nitrogen and oxygen atoms in total. The second-order valence-electron chi connectivity index (χ2n) is 15.4. The van der Waals surface area contributed by atoms with Crippen LogP contribution < -0.4 is 10.6 Å². The molecule has 0 saturated heterocycles. The Balaban J connectivity index is 3.55. The number of nitrogens with one attached hydrogen (secondary N) is 2. The highest BCUT2D eigenvalue weighted by Gasteiger charge is 2.10. The van der Waals surface area contributed by atoms with Crippen LogP contribution in [0.25, 0.3) is 0 Å². The number of rotatable bonds is 42. The van der Waals surface area contributed by atoms with Gasteiger partial charge in [0.15, 0.2) is 0 Å². The number of carbonyl (C=O) groups excluding carboxylic acids is 2. The molecule has 0 unspecified atom stereocenters. The number of carbonyl (C=O) groups is 2. The molecule has 0 rings (SSSR count). The van der Waals surface area contributed by atoms with Crippen molar-refractivity contribution < 1.29 is 9.59 Å². The van der Waals surface area contributed by atoms with Crippen LogP contribution in [0.5, 0.6) is 0 Å². The molecule has 0 spiro atoms. The zero-order valence-electron chi connectivity index (χ0n) is 34.1. The smallest absolute Gasteiger partial charge is 0.221 e. The summed E-state index contributed by atoms with van der Waals surface area (Å²) in [6.07, 6.45) is 46.4. The minimum absolute atomic E-state index is 0.118. The fourth-order valence-corrected chi connectivity index (χ4v) is 6.97. The summed E-state index contributed by atoms with van der Waals surface area (Å²) in [5.74, 6) is 0.237. The molecule has 2 amide bonds. The summed E-state index contributed by atoms with van der Waals surface area (Å²) in [6.45, 7) is 12.0. The molecular formula is C45H89N3O2. The summed E-state index contributed by atoms with van der Waals surface area (Å²) < 4.78 is 0. The van der Waals surface area contributed by atoms with Crippen molar-refractivity contribution in [2.45, 2.75) is 232 Å². The van der Waals surface area contributed by atoms with E-state index in [-0.39, 0.29) is 11.8 Å². The van der Waals surface area contributed by atoms with E-state index in [9.17, 15) is 9.59 Å². The Morgan fingerprint density at radius 3 is 0.900 bits per heavy atom. The summed E-state index contributed by atoms with van der Waals surface area (Å²) in [6, 6.07) is 0. The maximum atomic E-state index is 12.4. The molecule has 0 aromatic carbocycles. The lowest BCUT2D eigenvalue weighted by Crippen LogP contribution is -2.34. The number of amides is 2. The zero-order chi connectivity index (χ0) is 36.4. The summed E-state index contributed by atoms with van der Waals surface area (Å²) in [5, 5.41) is 6.20. The lowest BCUT2D eigenvalue weighted by atomic mass is 10.0. The summed E-state index contributed by atoms with van der Waals surface area (Å²) in [4.78, 5) is 26.9. The van der Waals surface area contributed by atoms with Crippen molar-refractivity contribution >= 4 is 11.8 Å². The minimum atomic E-state index is 0.118. The first-order chi connectivity index (χ1) is 24.6. The Hall–Kier alpha value is -1.36. The molecule has 0 aliphatic heterocycles. The van der Waals surface area contributed by atoms with E-state index >= 15 is 0 Å². The number of unbranched alkanes of at least 4 members (excludes halogenated alkanes) is 30. The van der Waals surface area contributed by atoms with E-state index in [1.54, 1.807) is 0 Å². The first kappa shape index (κ1) is 48.6. The molecule has 2 N–H and O–H groups in total. The van der Waals surface area contributed by atoms with E-state index in [1.165, 1.54) is 193 Å². The van der Waals surface area contributed by atoms with Crippen LogP contribution in [-0.2, 0) is 9.59 Å². The number of hydrogen-bond acceptors (Lipinski definition) is 3. The van der Waals surface area contributed by atoms with Crippen LogP contribution in [0.15, 0.2) is 12.7 Å². The fourth-order valence-electron chi connectivity index (χ4n) is 6.97. The second kappa shape index (κ2) is 42.1. The van der Waals surface area contributed by atoms with Gasteiger partial charge in [0.2, 0.25) is 11.8 Å². The third-order valence-electron chi connectivity index (χ3n) is 10.4. The maximum Gasteiger partial charge on any atom is 0.221 e. The Kier molecular flexibility index (Phi) is 40.9. The average molecular weight is 704 g/mol. The summed E-state index contributed by atoms with van der Waals surface area (Å²) in [7, 11) is 0. The molecule has 0 heterocycles. The Morgan fingerprint density at radius 1 is 0.420 bits per heavy atom. The van der Waals surface area contributed by atoms with Crippen LogP contribution in [0.1, 0.15) is 232 Å². The third-order valence-corrected chi connectivity index (χ3v) is 10.4. The molecule has 0 fully saturated rings. The van der Waals surface area contributed by atoms with Gasteiger partial charge in [-0.25, -0.2) is 0 Å². The second-order valence-corrected chi connectivity index (χ2v) is 15.4. The summed E-state index contributed by atoms with van der Waals surface area (Å²) >= 11 is 0. The van der Waals surface area contributed by atoms with Gasteiger partial charge in [-0.1, -0.05) is 213 Å². The van der Waals surface area contributed by atoms with Gasteiger partial charge in [-0.2, -0.15) is 0 Å². The van der Waals surface area contributed by atoms with Gasteiger partial charge in [-0.15, -0.1) is 6.58 Å². The van der Waals surface area contributed by atoms with Crippen LogP contribution in [-0.4, -0.2) is 49.4 Å². The van der Waals surface area contributed by atoms with E-state index in [0.29, 0.717) is 32.5 Å². The highest BCUT2D eigenvalue weighted by Crippen LogP contribution is 2.15. The number of nitrogens with zero attached hydrogens (tertiary/aromatic N) is 1. The Labute approximate surface area is 313 Å². The van der Waals surface area contributed by atoms with E-state index in [0.717, 1.165) is 25.9 Å². The lowest BCUT2D eigenvalue weighted by molar-refractivity contribution is -0.121. The highest BCUT2D eigenvalue weighted by molar-refractivity contribution is 5.76. The first-order valence-electron chi connectivity index (χ1n) is 22.5. The van der Waals surface area contributed by atoms with Gasteiger partial charge >= 0.3 is 0 Å². The minimum Gasteiger partial charge on any atom is -0.356 e. The van der Waals surface area contributed by atoms with Crippen LogP contribution in [0, 0.1) is 0 Å². The molecule has 0 aliphatic carbocycles. The van der Waals surface area contributed by atoms with Gasteiger partial charge in [0.25, 0.3) is 0 Å². The Bertz CT molecular complexity index is 658. The van der Waals surface area contributed by atoms with Gasteiger partial charge < -0.3 is 10.6 Å². The van der Waals surface area contributed by atoms with Crippen molar-refractivity contribution in [1.82, 2.24) is 15.5 Å². The van der Waals surface area contributed by atoms with Crippen LogP contribution in [0.2, 0.25) is 0 Å². The molecule has 0 atom stereocenters. The van der Waals surface area contributed by atoms with Gasteiger partial charge in [0.05, 0.1) is 0 Å². The third kappa shape index (κ3) is 39.4. The van der Waals surface area contributed by atoms with Gasteiger partial charge in [-0.05, 0) is 12.8 Å². The lowest BCUT2D eigenvalue weighted by Gasteiger charge is -2.20. The predicted molar refractivity (Wildman–Crippen MR) is 221 cm³/mol. The zero-order valence-corrected chi connectivity index (χ0v) is 34.1. The molecule has 0 aliphatic rings. The molecule has 0 radical (unpaired) electrons. The van der Waals surface area contributed by atoms with Crippen molar-refractivity contribution in [2.75, 3.05) is 32.7 Å². The van der Waals surface area contributed by atoms with Crippen molar-refractivity contribution in [1.29, 1.82) is 0 Å². The SMILES string of the molecule is C=CCN(CCC(=O)NCCCCCCCCCCCCCCCCCC)CCC(=O)NCCCCCCCCCCCCCCCCCC. The van der Waals surface area contributed by atoms with Crippen molar-refractivity contribution in [3.8, 4) is 0 Å². The molecule has 0 aromatic rings. The van der Waals surface area contributed by atoms with E-state index in [2.05, 4.69) is 36.0 Å². The van der Waals surface area contributed by atoms with Crippen molar-refractivity contribution in [3.63, 3.8) is 0 Å². The van der Waals surface area contributed by atoms with Crippen molar-refractivity contribution in [2.24, 2.45) is 0 Å². The highest BCUT2D eigenvalue weighted by atomic mass is 16.2. The fraction of sp³-hybridized carbons (Fsp3) is 0.911. The monoisotopic (exact) mass is 704 g/mol. The van der Waals surface area contributed by atoms with Crippen molar-refractivity contribution in [3.05, 3.63) is 12.7 Å². The van der Waals surface area contributed by atoms with E-state index in [1.807, 2.05) is 6.08 Å². The van der Waals surface area contributed by atoms with Crippen LogP contribution in [0.4, 0.5) is 0 Å². The molecule has 5 heteroatoms. The molecular weight excluding hydrogens is 615 g/mol. The van der Waals surface area contributed by atoms with Gasteiger partial charge in [0.1, 0.15) is 0 Å². The number of hydrogen-bond donors (Lipinski definition) is 2. The average Bonchev–Trinajstić information content (AvgIpc) is 3.12. The molecule has 50 heavy (non-hydrogen) atoms. The van der Waals surface area contributed by atoms with Crippen LogP contribution >= 0.6 is 0 Å². The maximum absolute atomic E-state index is 12.4. The molecule has 0 saturated carbocycles. The predicted octanol–water partition coefficient (Wildman–Crippen LogP) is 13.0. The first-order valence-corrected chi connectivity index (χ1v) is 22.5. The standard InChI is InChI=1S/C45H89N3O2/c1-4-7-9-11-13-15-17-19-21-23-25-27-29-31-33-35-39-46-44(49)37-42-48(41-6-3)43-38-45(50)47-40-36-34-32-30-28-26-24-22-20-18-16-14-12-10-8-5-2/h6H,3-5,7-43H2,1-2H3,(H,46,49)(H,47,50). The van der Waals surface area contributed by atoms with Gasteiger partial charge in [-0.3, -0.25) is 14.5 Å². The van der Waals surface area contributed by atoms with Crippen LogP contribution in [0.3, 0.4) is 0 Å².